The number of hydrogen-bond donors (Lipinski definition) is 0. The molecule has 0 spiro atoms. The highest BCUT2D eigenvalue weighted by Crippen LogP contribution is 2.15. The summed E-state index contributed by atoms with van der Waals surface area (Å²) >= 11 is 0. The standard InChI is InChI=1S/C10H9F2N/c1-7-5-10(12)8(3-2-4-13)6-9(7)11/h5-6H,2-3H2,1H3. The molecule has 0 heterocycles. The van der Waals surface area contributed by atoms with Crippen molar-refractivity contribution >= 4 is 0 Å². The van der Waals surface area contributed by atoms with Gasteiger partial charge in [0.1, 0.15) is 11.6 Å². The molecule has 0 aromatic heterocycles. The third-order valence-electron chi connectivity index (χ3n) is 1.83. The molecule has 68 valence electrons. The molecule has 0 amide bonds. The van der Waals surface area contributed by atoms with Gasteiger partial charge in [0.25, 0.3) is 0 Å². The largest absolute Gasteiger partial charge is 0.207 e. The first-order valence-electron chi connectivity index (χ1n) is 3.96. The molecular weight excluding hydrogens is 172 g/mol. The molecule has 0 saturated heterocycles. The average molecular weight is 181 g/mol. The Balaban J connectivity index is 2.96. The van der Waals surface area contributed by atoms with Gasteiger partial charge in [-0.15, -0.1) is 0 Å². The highest BCUT2D eigenvalue weighted by molar-refractivity contribution is 5.25. The van der Waals surface area contributed by atoms with Gasteiger partial charge in [0.05, 0.1) is 6.07 Å². The van der Waals surface area contributed by atoms with Crippen LogP contribution in [0.15, 0.2) is 12.1 Å². The van der Waals surface area contributed by atoms with Crippen molar-refractivity contribution in [3.8, 4) is 6.07 Å². The quantitative estimate of drug-likeness (QED) is 0.688. The van der Waals surface area contributed by atoms with Crippen molar-refractivity contribution in [3.05, 3.63) is 34.9 Å². The van der Waals surface area contributed by atoms with Crippen molar-refractivity contribution in [2.75, 3.05) is 0 Å². The number of aryl methyl sites for hydroxylation is 2. The van der Waals surface area contributed by atoms with Crippen LogP contribution in [0.5, 0.6) is 0 Å². The SMILES string of the molecule is Cc1cc(F)c(CCC#N)cc1F. The van der Waals surface area contributed by atoms with Crippen LogP contribution in [0.3, 0.4) is 0 Å². The van der Waals surface area contributed by atoms with E-state index in [0.717, 1.165) is 12.1 Å². The van der Waals surface area contributed by atoms with Crippen molar-refractivity contribution < 1.29 is 8.78 Å². The van der Waals surface area contributed by atoms with Crippen LogP contribution >= 0.6 is 0 Å². The lowest BCUT2D eigenvalue weighted by Crippen LogP contribution is -1.94. The average Bonchev–Trinajstić information content (AvgIpc) is 2.09. The number of halogens is 2. The first kappa shape index (κ1) is 9.66. The summed E-state index contributed by atoms with van der Waals surface area (Å²) in [5.41, 5.74) is 0.558. The molecule has 0 fully saturated rings. The van der Waals surface area contributed by atoms with Crippen molar-refractivity contribution in [2.24, 2.45) is 0 Å². The monoisotopic (exact) mass is 181 g/mol. The predicted molar refractivity (Wildman–Crippen MR) is 45.0 cm³/mol. The zero-order chi connectivity index (χ0) is 9.84. The van der Waals surface area contributed by atoms with Crippen molar-refractivity contribution in [1.82, 2.24) is 0 Å². The summed E-state index contributed by atoms with van der Waals surface area (Å²) in [5.74, 6) is -0.858. The fraction of sp³-hybridized carbons (Fsp3) is 0.300. The van der Waals surface area contributed by atoms with E-state index in [1.165, 1.54) is 6.92 Å². The Bertz CT molecular complexity index is 353. The minimum Gasteiger partial charge on any atom is -0.207 e. The van der Waals surface area contributed by atoms with Gasteiger partial charge in [-0.3, -0.25) is 0 Å². The molecule has 13 heavy (non-hydrogen) atoms. The fourth-order valence-electron chi connectivity index (χ4n) is 1.07. The summed E-state index contributed by atoms with van der Waals surface area (Å²) in [7, 11) is 0. The second-order valence-corrected chi connectivity index (χ2v) is 2.85. The highest BCUT2D eigenvalue weighted by atomic mass is 19.1. The molecular formula is C10H9F2N. The first-order valence-corrected chi connectivity index (χ1v) is 3.96. The topological polar surface area (TPSA) is 23.8 Å². The molecule has 1 rings (SSSR count). The van der Waals surface area contributed by atoms with Crippen LogP contribution in [0.4, 0.5) is 8.78 Å². The number of rotatable bonds is 2. The number of hydrogen-bond acceptors (Lipinski definition) is 1. The molecule has 1 aromatic rings. The lowest BCUT2D eigenvalue weighted by atomic mass is 10.1. The lowest BCUT2D eigenvalue weighted by molar-refractivity contribution is 0.578. The molecule has 1 nitrogen and oxygen atoms in total. The Kier molecular flexibility index (Phi) is 2.97. The molecule has 0 atom stereocenters. The summed E-state index contributed by atoms with van der Waals surface area (Å²) < 4.78 is 26.0. The molecule has 0 radical (unpaired) electrons. The van der Waals surface area contributed by atoms with Crippen LogP contribution < -0.4 is 0 Å². The van der Waals surface area contributed by atoms with Crippen molar-refractivity contribution in [3.63, 3.8) is 0 Å². The van der Waals surface area contributed by atoms with E-state index in [-0.39, 0.29) is 18.4 Å². The smallest absolute Gasteiger partial charge is 0.126 e. The summed E-state index contributed by atoms with van der Waals surface area (Å²) in [6.45, 7) is 1.51. The second kappa shape index (κ2) is 3.99. The predicted octanol–water partition coefficient (Wildman–Crippen LogP) is 2.73. The van der Waals surface area contributed by atoms with Gasteiger partial charge in [-0.1, -0.05) is 0 Å². The molecule has 0 aliphatic carbocycles. The van der Waals surface area contributed by atoms with E-state index in [1.807, 2.05) is 6.07 Å². The number of nitrogens with zero attached hydrogens (tertiary/aromatic N) is 1. The number of nitriles is 1. The Morgan fingerprint density at radius 3 is 2.62 bits per heavy atom. The summed E-state index contributed by atoms with van der Waals surface area (Å²) in [6.07, 6.45) is 0.471. The molecule has 3 heteroatoms. The lowest BCUT2D eigenvalue weighted by Gasteiger charge is -2.02. The first-order chi connectivity index (χ1) is 6.15. The third kappa shape index (κ3) is 2.25. The van der Waals surface area contributed by atoms with Crippen LogP contribution in [0, 0.1) is 29.9 Å². The van der Waals surface area contributed by atoms with Gasteiger partial charge in [0, 0.05) is 6.42 Å². The Labute approximate surface area is 75.6 Å². The van der Waals surface area contributed by atoms with E-state index in [2.05, 4.69) is 0 Å². The Morgan fingerprint density at radius 2 is 2.00 bits per heavy atom. The summed E-state index contributed by atoms with van der Waals surface area (Å²) in [4.78, 5) is 0. The molecule has 0 aliphatic rings. The van der Waals surface area contributed by atoms with Crippen molar-refractivity contribution in [2.45, 2.75) is 19.8 Å². The maximum Gasteiger partial charge on any atom is 0.126 e. The van der Waals surface area contributed by atoms with Crippen LogP contribution in [0.2, 0.25) is 0 Å². The number of benzene rings is 1. The minimum absolute atomic E-state index is 0.208. The fourth-order valence-corrected chi connectivity index (χ4v) is 1.07. The molecule has 0 unspecified atom stereocenters. The van der Waals surface area contributed by atoms with Crippen LogP contribution in [0.25, 0.3) is 0 Å². The maximum atomic E-state index is 13.1. The molecule has 0 aliphatic heterocycles. The Hall–Kier alpha value is -1.43. The second-order valence-electron chi connectivity index (χ2n) is 2.85. The summed E-state index contributed by atoms with van der Waals surface area (Å²) in [5, 5.41) is 8.28. The third-order valence-corrected chi connectivity index (χ3v) is 1.83. The zero-order valence-electron chi connectivity index (χ0n) is 7.27. The van der Waals surface area contributed by atoms with Gasteiger partial charge in [-0.2, -0.15) is 5.26 Å². The van der Waals surface area contributed by atoms with Gasteiger partial charge < -0.3 is 0 Å². The van der Waals surface area contributed by atoms with E-state index >= 15 is 0 Å². The van der Waals surface area contributed by atoms with E-state index in [0.29, 0.717) is 5.56 Å². The van der Waals surface area contributed by atoms with Gasteiger partial charge in [0.2, 0.25) is 0 Å². The van der Waals surface area contributed by atoms with Crippen molar-refractivity contribution in [1.29, 1.82) is 5.26 Å². The van der Waals surface area contributed by atoms with Gasteiger partial charge >= 0.3 is 0 Å². The van der Waals surface area contributed by atoms with E-state index in [4.69, 9.17) is 5.26 Å². The van der Waals surface area contributed by atoms with E-state index in [9.17, 15) is 8.78 Å². The Morgan fingerprint density at radius 1 is 1.31 bits per heavy atom. The normalized spacial score (nSPS) is 9.69. The minimum atomic E-state index is -0.436. The van der Waals surface area contributed by atoms with Gasteiger partial charge in [0.15, 0.2) is 0 Å². The highest BCUT2D eigenvalue weighted by Gasteiger charge is 2.06. The molecule has 1 aromatic carbocycles. The molecule has 0 N–H and O–H groups in total. The summed E-state index contributed by atoms with van der Waals surface area (Å²) in [6, 6.07) is 4.20. The molecule has 0 saturated carbocycles. The van der Waals surface area contributed by atoms with E-state index < -0.39 is 11.6 Å². The van der Waals surface area contributed by atoms with Crippen LogP contribution in [0.1, 0.15) is 17.5 Å². The van der Waals surface area contributed by atoms with E-state index in [1.54, 1.807) is 0 Å². The maximum absolute atomic E-state index is 13.1. The van der Waals surface area contributed by atoms with Crippen LogP contribution in [-0.4, -0.2) is 0 Å². The molecule has 0 bridgehead atoms. The van der Waals surface area contributed by atoms with Gasteiger partial charge in [-0.25, -0.2) is 8.78 Å². The van der Waals surface area contributed by atoms with Crippen LogP contribution in [-0.2, 0) is 6.42 Å². The zero-order valence-corrected chi connectivity index (χ0v) is 7.27. The van der Waals surface area contributed by atoms with Gasteiger partial charge in [-0.05, 0) is 36.6 Å².